The van der Waals surface area contributed by atoms with E-state index in [4.69, 9.17) is 14.6 Å². The second kappa shape index (κ2) is 13.8. The maximum Gasteiger partial charge on any atom is 0.311 e. The van der Waals surface area contributed by atoms with Crippen LogP contribution < -0.4 is 5.32 Å². The summed E-state index contributed by atoms with van der Waals surface area (Å²) in [7, 11) is 0. The molecule has 1 aliphatic carbocycles. The van der Waals surface area contributed by atoms with E-state index in [9.17, 15) is 23.5 Å². The van der Waals surface area contributed by atoms with E-state index in [1.807, 2.05) is 19.1 Å². The quantitative estimate of drug-likeness (QED) is 0.209. The van der Waals surface area contributed by atoms with E-state index in [1.165, 1.54) is 18.3 Å². The topological polar surface area (TPSA) is 144 Å². The Bertz CT molecular complexity index is 1380. The monoisotopic (exact) mass is 584 g/mol. The SMILES string of the molecule is Cc1cc(Nc2cc(C(F)F)ccn2)nc(-c2ccc([C@](C)(O)C3CCC(C(=O)OCOC(=O)CCO)CC3)nc2)c1. The molecule has 0 amide bonds. The van der Waals surface area contributed by atoms with Crippen LogP contribution in [0.2, 0.25) is 0 Å². The van der Waals surface area contributed by atoms with E-state index in [0.717, 1.165) is 5.56 Å². The largest absolute Gasteiger partial charge is 0.428 e. The van der Waals surface area contributed by atoms with Gasteiger partial charge in [-0.25, -0.2) is 18.7 Å². The van der Waals surface area contributed by atoms with E-state index < -0.39 is 30.8 Å². The van der Waals surface area contributed by atoms with E-state index in [2.05, 4.69) is 20.3 Å². The zero-order valence-corrected chi connectivity index (χ0v) is 23.4. The molecular weight excluding hydrogens is 550 g/mol. The minimum absolute atomic E-state index is 0.133. The number of esters is 2. The van der Waals surface area contributed by atoms with Crippen LogP contribution in [0.3, 0.4) is 0 Å². The normalized spacial score (nSPS) is 18.3. The molecular formula is C30H34F2N4O6. The predicted molar refractivity (Wildman–Crippen MR) is 148 cm³/mol. The third-order valence-electron chi connectivity index (χ3n) is 7.43. The van der Waals surface area contributed by atoms with Crippen LogP contribution in [0.25, 0.3) is 11.3 Å². The molecule has 0 unspecified atom stereocenters. The number of aryl methyl sites for hydroxylation is 1. The Balaban J connectivity index is 1.37. The standard InChI is InChI=1S/C30H34F2N4O6/c1-18-13-23(35-26(14-18)36-25-15-20(28(31)32)9-11-33-25)21-5-8-24(34-16-21)30(2,40)22-6-3-19(4-7-22)29(39)42-17-41-27(38)10-12-37/h5,8-9,11,13-16,19,22,28,37,40H,3-4,6-7,10,12,17H2,1-2H3,(H,33,35,36)/t19?,22?,30-/m1/s1. The van der Waals surface area contributed by atoms with E-state index in [0.29, 0.717) is 48.5 Å². The van der Waals surface area contributed by atoms with Gasteiger partial charge in [0.1, 0.15) is 17.2 Å². The molecule has 0 saturated heterocycles. The van der Waals surface area contributed by atoms with Crippen LogP contribution in [-0.2, 0) is 24.7 Å². The van der Waals surface area contributed by atoms with Gasteiger partial charge in [0.15, 0.2) is 0 Å². The Morgan fingerprint density at radius 3 is 2.50 bits per heavy atom. The minimum atomic E-state index is -2.61. The Morgan fingerprint density at radius 1 is 1.07 bits per heavy atom. The lowest BCUT2D eigenvalue weighted by Gasteiger charge is -2.37. The Kier molecular flexibility index (Phi) is 10.1. The molecule has 3 aromatic heterocycles. The fraction of sp³-hybridized carbons (Fsp3) is 0.433. The third kappa shape index (κ3) is 7.83. The number of pyridine rings is 3. The van der Waals surface area contributed by atoms with Crippen molar-refractivity contribution in [2.45, 2.75) is 58.0 Å². The van der Waals surface area contributed by atoms with Gasteiger partial charge in [-0.3, -0.25) is 14.6 Å². The van der Waals surface area contributed by atoms with Crippen molar-refractivity contribution in [1.82, 2.24) is 15.0 Å². The number of aliphatic hydroxyl groups is 2. The molecule has 1 atom stereocenters. The molecule has 10 nitrogen and oxygen atoms in total. The lowest BCUT2D eigenvalue weighted by Crippen LogP contribution is -2.37. The van der Waals surface area contributed by atoms with Gasteiger partial charge in [-0.05, 0) is 87.4 Å². The summed E-state index contributed by atoms with van der Waals surface area (Å²) in [6, 6.07) is 9.76. The second-order valence-electron chi connectivity index (χ2n) is 10.5. The number of hydrogen-bond acceptors (Lipinski definition) is 10. The molecule has 0 bridgehead atoms. The fourth-order valence-electron chi connectivity index (χ4n) is 5.04. The molecule has 0 radical (unpaired) electrons. The number of carbonyl (C=O) groups is 2. The van der Waals surface area contributed by atoms with Crippen LogP contribution in [0.4, 0.5) is 20.4 Å². The fourth-order valence-corrected chi connectivity index (χ4v) is 5.04. The highest BCUT2D eigenvalue weighted by atomic mass is 19.3. The highest BCUT2D eigenvalue weighted by Gasteiger charge is 2.39. The van der Waals surface area contributed by atoms with Gasteiger partial charge in [0.05, 0.1) is 30.3 Å². The predicted octanol–water partition coefficient (Wildman–Crippen LogP) is 4.97. The van der Waals surface area contributed by atoms with Crippen molar-refractivity contribution in [2.24, 2.45) is 11.8 Å². The summed E-state index contributed by atoms with van der Waals surface area (Å²) in [5, 5.41) is 23.1. The Labute approximate surface area is 242 Å². The summed E-state index contributed by atoms with van der Waals surface area (Å²) in [4.78, 5) is 36.9. The summed E-state index contributed by atoms with van der Waals surface area (Å²) in [6.45, 7) is 2.78. The number of carbonyl (C=O) groups excluding carboxylic acids is 2. The number of aromatic nitrogens is 3. The van der Waals surface area contributed by atoms with Crippen LogP contribution in [-0.4, -0.2) is 50.5 Å². The van der Waals surface area contributed by atoms with Crippen molar-refractivity contribution in [2.75, 3.05) is 18.7 Å². The molecule has 0 aromatic carbocycles. The summed E-state index contributed by atoms with van der Waals surface area (Å²) in [5.41, 5.74) is 1.33. The first-order chi connectivity index (χ1) is 20.1. The lowest BCUT2D eigenvalue weighted by molar-refractivity contribution is -0.171. The van der Waals surface area contributed by atoms with E-state index in [-0.39, 0.29) is 36.2 Å². The van der Waals surface area contributed by atoms with E-state index >= 15 is 0 Å². The molecule has 1 aliphatic rings. The average molecular weight is 585 g/mol. The number of rotatable bonds is 11. The van der Waals surface area contributed by atoms with Crippen LogP contribution >= 0.6 is 0 Å². The zero-order valence-electron chi connectivity index (χ0n) is 23.4. The molecule has 4 rings (SSSR count). The lowest BCUT2D eigenvalue weighted by atomic mass is 9.73. The number of aliphatic hydroxyl groups excluding tert-OH is 1. The molecule has 0 spiro atoms. The number of nitrogens with zero attached hydrogens (tertiary/aromatic N) is 3. The Morgan fingerprint density at radius 2 is 1.83 bits per heavy atom. The third-order valence-corrected chi connectivity index (χ3v) is 7.43. The highest BCUT2D eigenvalue weighted by Crippen LogP contribution is 2.41. The van der Waals surface area contributed by atoms with Crippen LogP contribution in [0.5, 0.6) is 0 Å². The number of halogens is 2. The van der Waals surface area contributed by atoms with Gasteiger partial charge in [0.2, 0.25) is 6.79 Å². The molecule has 1 fully saturated rings. The van der Waals surface area contributed by atoms with Crippen LogP contribution in [0.15, 0.2) is 48.8 Å². The minimum Gasteiger partial charge on any atom is -0.428 e. The highest BCUT2D eigenvalue weighted by molar-refractivity contribution is 5.73. The molecule has 12 heteroatoms. The maximum absolute atomic E-state index is 13.1. The van der Waals surface area contributed by atoms with Gasteiger partial charge in [-0.1, -0.05) is 0 Å². The van der Waals surface area contributed by atoms with Gasteiger partial charge in [-0.2, -0.15) is 0 Å². The van der Waals surface area contributed by atoms with Gasteiger partial charge >= 0.3 is 11.9 Å². The molecule has 0 aliphatic heterocycles. The van der Waals surface area contributed by atoms with Crippen molar-refractivity contribution >= 4 is 23.6 Å². The van der Waals surface area contributed by atoms with Crippen LogP contribution in [0.1, 0.15) is 62.3 Å². The van der Waals surface area contributed by atoms with Crippen molar-refractivity contribution in [1.29, 1.82) is 0 Å². The van der Waals surface area contributed by atoms with E-state index in [1.54, 1.807) is 25.3 Å². The van der Waals surface area contributed by atoms with Crippen LogP contribution in [0, 0.1) is 18.8 Å². The van der Waals surface area contributed by atoms with Gasteiger partial charge in [0.25, 0.3) is 6.43 Å². The summed E-state index contributed by atoms with van der Waals surface area (Å²) in [6.07, 6.45) is 2.36. The Hall–Kier alpha value is -4.03. The summed E-state index contributed by atoms with van der Waals surface area (Å²) >= 11 is 0. The first kappa shape index (κ1) is 30.9. The van der Waals surface area contributed by atoms with Crippen molar-refractivity contribution < 1.29 is 38.1 Å². The van der Waals surface area contributed by atoms with Gasteiger partial charge in [0, 0.05) is 23.5 Å². The zero-order chi connectivity index (χ0) is 30.3. The smallest absolute Gasteiger partial charge is 0.311 e. The second-order valence-corrected chi connectivity index (χ2v) is 10.5. The number of hydrogen-bond donors (Lipinski definition) is 3. The molecule has 1 saturated carbocycles. The molecule has 224 valence electrons. The van der Waals surface area contributed by atoms with Crippen molar-refractivity contribution in [3.63, 3.8) is 0 Å². The molecule has 3 aromatic rings. The number of ether oxygens (including phenoxy) is 2. The van der Waals surface area contributed by atoms with Gasteiger partial charge < -0.3 is 25.0 Å². The summed E-state index contributed by atoms with van der Waals surface area (Å²) < 4.78 is 35.9. The number of nitrogens with one attached hydrogen (secondary N) is 1. The summed E-state index contributed by atoms with van der Waals surface area (Å²) in [5.74, 6) is -0.887. The molecule has 42 heavy (non-hydrogen) atoms. The van der Waals surface area contributed by atoms with Crippen molar-refractivity contribution in [3.05, 3.63) is 65.6 Å². The van der Waals surface area contributed by atoms with Crippen molar-refractivity contribution in [3.8, 4) is 11.3 Å². The maximum atomic E-state index is 13.1. The number of anilines is 2. The first-order valence-corrected chi connectivity index (χ1v) is 13.7. The van der Waals surface area contributed by atoms with Gasteiger partial charge in [-0.15, -0.1) is 0 Å². The average Bonchev–Trinajstić information content (AvgIpc) is 2.97. The number of alkyl halides is 2. The first-order valence-electron chi connectivity index (χ1n) is 13.7. The molecule has 3 heterocycles. The molecule has 3 N–H and O–H groups in total.